The smallest absolute Gasteiger partial charge is 0.127 e. The van der Waals surface area contributed by atoms with E-state index in [0.29, 0.717) is 12.5 Å². The van der Waals surface area contributed by atoms with E-state index in [-0.39, 0.29) is 0 Å². The summed E-state index contributed by atoms with van der Waals surface area (Å²) in [5, 5.41) is 3.60. The minimum atomic E-state index is 0.523. The largest absolute Gasteiger partial charge is 0.489 e. The number of imidazole rings is 1. The standard InChI is InChI=1S/C19H23N3O/c1-14-12-22-8-4-6-17(19(22)21-14)11-20-10-15-9-16-5-2-3-7-18(16)23-13-15/h2-3,5,7,9,12,17,20H,4,6,8,10-11,13H2,1H3. The van der Waals surface area contributed by atoms with Crippen molar-refractivity contribution in [3.8, 4) is 5.75 Å². The molecular weight excluding hydrogens is 286 g/mol. The molecule has 0 amide bonds. The van der Waals surface area contributed by atoms with Crippen molar-refractivity contribution in [3.63, 3.8) is 0 Å². The summed E-state index contributed by atoms with van der Waals surface area (Å²) in [6, 6.07) is 8.21. The van der Waals surface area contributed by atoms with Crippen molar-refractivity contribution >= 4 is 6.08 Å². The minimum Gasteiger partial charge on any atom is -0.489 e. The Morgan fingerprint density at radius 3 is 3.22 bits per heavy atom. The summed E-state index contributed by atoms with van der Waals surface area (Å²) in [6.45, 7) is 5.74. The SMILES string of the molecule is Cc1cn2c(n1)C(CNCC1=Cc3ccccc3OC1)CCC2. The zero-order valence-corrected chi connectivity index (χ0v) is 13.6. The molecule has 0 aliphatic carbocycles. The average molecular weight is 309 g/mol. The number of aryl methyl sites for hydroxylation is 2. The number of benzene rings is 1. The highest BCUT2D eigenvalue weighted by atomic mass is 16.5. The molecule has 4 nitrogen and oxygen atoms in total. The van der Waals surface area contributed by atoms with Crippen LogP contribution in [0.4, 0.5) is 0 Å². The van der Waals surface area contributed by atoms with Crippen LogP contribution in [0.25, 0.3) is 6.08 Å². The van der Waals surface area contributed by atoms with Gasteiger partial charge in [0.25, 0.3) is 0 Å². The molecule has 0 saturated heterocycles. The highest BCUT2D eigenvalue weighted by Crippen LogP contribution is 2.27. The maximum absolute atomic E-state index is 5.81. The lowest BCUT2D eigenvalue weighted by Gasteiger charge is -2.24. The first-order valence-corrected chi connectivity index (χ1v) is 8.45. The highest BCUT2D eigenvalue weighted by Gasteiger charge is 2.22. The Labute approximate surface area is 137 Å². The molecule has 0 bridgehead atoms. The Morgan fingerprint density at radius 1 is 1.35 bits per heavy atom. The van der Waals surface area contributed by atoms with Crippen molar-refractivity contribution in [2.24, 2.45) is 0 Å². The molecule has 2 aromatic rings. The van der Waals surface area contributed by atoms with Gasteiger partial charge in [-0.3, -0.25) is 0 Å². The van der Waals surface area contributed by atoms with Crippen molar-refractivity contribution in [1.82, 2.24) is 14.9 Å². The molecule has 1 atom stereocenters. The lowest BCUT2D eigenvalue weighted by Crippen LogP contribution is -2.29. The van der Waals surface area contributed by atoms with Crippen LogP contribution in [0.1, 0.15) is 35.8 Å². The van der Waals surface area contributed by atoms with E-state index in [2.05, 4.69) is 41.2 Å². The molecule has 1 aromatic heterocycles. The van der Waals surface area contributed by atoms with Crippen molar-refractivity contribution < 1.29 is 4.74 Å². The summed E-state index contributed by atoms with van der Waals surface area (Å²) in [5.41, 5.74) is 3.62. The molecule has 0 radical (unpaired) electrons. The van der Waals surface area contributed by atoms with Gasteiger partial charge in [0.05, 0.1) is 5.69 Å². The van der Waals surface area contributed by atoms with Crippen LogP contribution in [0.5, 0.6) is 5.75 Å². The zero-order valence-electron chi connectivity index (χ0n) is 13.6. The van der Waals surface area contributed by atoms with Crippen LogP contribution in [-0.4, -0.2) is 29.2 Å². The summed E-state index contributed by atoms with van der Waals surface area (Å²) in [7, 11) is 0. The number of fused-ring (bicyclic) bond motifs is 2. The van der Waals surface area contributed by atoms with E-state index in [9.17, 15) is 0 Å². The minimum absolute atomic E-state index is 0.523. The van der Waals surface area contributed by atoms with Gasteiger partial charge in [-0.25, -0.2) is 4.98 Å². The van der Waals surface area contributed by atoms with Crippen molar-refractivity contribution in [1.29, 1.82) is 0 Å². The fourth-order valence-corrected chi connectivity index (χ4v) is 3.57. The van der Waals surface area contributed by atoms with Crippen molar-refractivity contribution in [2.75, 3.05) is 19.7 Å². The van der Waals surface area contributed by atoms with Gasteiger partial charge in [0.1, 0.15) is 18.2 Å². The molecule has 4 heteroatoms. The first-order valence-electron chi connectivity index (χ1n) is 8.45. The van der Waals surface area contributed by atoms with Gasteiger partial charge in [0, 0.05) is 37.3 Å². The lowest BCUT2D eigenvalue weighted by molar-refractivity contribution is 0.341. The molecule has 1 unspecified atom stereocenters. The Kier molecular flexibility index (Phi) is 3.92. The van der Waals surface area contributed by atoms with E-state index in [1.54, 1.807) is 0 Å². The third-order valence-electron chi connectivity index (χ3n) is 4.68. The number of rotatable bonds is 4. The van der Waals surface area contributed by atoms with Gasteiger partial charge in [-0.05, 0) is 37.5 Å². The number of aromatic nitrogens is 2. The summed E-state index contributed by atoms with van der Waals surface area (Å²) >= 11 is 0. The zero-order chi connectivity index (χ0) is 15.6. The molecule has 2 aliphatic rings. The maximum atomic E-state index is 5.81. The molecule has 0 saturated carbocycles. The quantitative estimate of drug-likeness (QED) is 0.943. The van der Waals surface area contributed by atoms with Gasteiger partial charge >= 0.3 is 0 Å². The van der Waals surface area contributed by atoms with Crippen LogP contribution in [0.3, 0.4) is 0 Å². The van der Waals surface area contributed by atoms with Crippen LogP contribution in [0.2, 0.25) is 0 Å². The number of para-hydroxylation sites is 1. The van der Waals surface area contributed by atoms with Crippen LogP contribution in [0.15, 0.2) is 36.0 Å². The molecule has 2 aliphatic heterocycles. The Morgan fingerprint density at radius 2 is 2.26 bits per heavy atom. The van der Waals surface area contributed by atoms with Gasteiger partial charge in [0.15, 0.2) is 0 Å². The van der Waals surface area contributed by atoms with E-state index >= 15 is 0 Å². The lowest BCUT2D eigenvalue weighted by atomic mass is 9.98. The van der Waals surface area contributed by atoms with E-state index < -0.39 is 0 Å². The molecule has 4 rings (SSSR count). The van der Waals surface area contributed by atoms with Crippen LogP contribution in [0, 0.1) is 6.92 Å². The maximum Gasteiger partial charge on any atom is 0.127 e. The first-order chi connectivity index (χ1) is 11.3. The monoisotopic (exact) mass is 309 g/mol. The van der Waals surface area contributed by atoms with E-state index in [1.807, 2.05) is 12.1 Å². The van der Waals surface area contributed by atoms with Crippen molar-refractivity contribution in [2.45, 2.75) is 32.2 Å². The number of hydrogen-bond donors (Lipinski definition) is 1. The number of nitrogens with one attached hydrogen (secondary N) is 1. The number of nitrogens with zero attached hydrogens (tertiary/aromatic N) is 2. The molecule has 120 valence electrons. The fraction of sp³-hybridized carbons (Fsp3) is 0.421. The second-order valence-corrected chi connectivity index (χ2v) is 6.53. The van der Waals surface area contributed by atoms with E-state index in [1.165, 1.54) is 29.8 Å². The first kappa shape index (κ1) is 14.5. The topological polar surface area (TPSA) is 39.1 Å². The van der Waals surface area contributed by atoms with E-state index in [4.69, 9.17) is 9.72 Å². The second kappa shape index (κ2) is 6.20. The normalized spacial score (nSPS) is 19.5. The number of ether oxygens (including phenoxy) is 1. The van der Waals surface area contributed by atoms with Gasteiger partial charge in [-0.2, -0.15) is 0 Å². The van der Waals surface area contributed by atoms with Crippen LogP contribution >= 0.6 is 0 Å². The summed E-state index contributed by atoms with van der Waals surface area (Å²) in [4.78, 5) is 4.71. The third-order valence-corrected chi connectivity index (χ3v) is 4.68. The van der Waals surface area contributed by atoms with Gasteiger partial charge < -0.3 is 14.6 Å². The van der Waals surface area contributed by atoms with Gasteiger partial charge in [0.2, 0.25) is 0 Å². The van der Waals surface area contributed by atoms with Crippen LogP contribution in [-0.2, 0) is 6.54 Å². The second-order valence-electron chi connectivity index (χ2n) is 6.53. The molecule has 0 spiro atoms. The summed E-state index contributed by atoms with van der Waals surface area (Å²) < 4.78 is 8.14. The molecule has 23 heavy (non-hydrogen) atoms. The molecule has 3 heterocycles. The Hall–Kier alpha value is -2.07. The van der Waals surface area contributed by atoms with Crippen molar-refractivity contribution in [3.05, 3.63) is 53.1 Å². The van der Waals surface area contributed by atoms with E-state index in [0.717, 1.165) is 31.1 Å². The Bertz CT molecular complexity index is 732. The van der Waals surface area contributed by atoms with Crippen LogP contribution < -0.4 is 10.1 Å². The fourth-order valence-electron chi connectivity index (χ4n) is 3.57. The Balaban J connectivity index is 1.37. The van der Waals surface area contributed by atoms with Gasteiger partial charge in [-0.1, -0.05) is 18.2 Å². The summed E-state index contributed by atoms with van der Waals surface area (Å²) in [5.74, 6) is 2.76. The highest BCUT2D eigenvalue weighted by molar-refractivity contribution is 5.62. The molecule has 1 N–H and O–H groups in total. The molecule has 1 aromatic carbocycles. The predicted molar refractivity (Wildman–Crippen MR) is 91.7 cm³/mol. The summed E-state index contributed by atoms with van der Waals surface area (Å²) in [6.07, 6.45) is 6.89. The number of hydrogen-bond acceptors (Lipinski definition) is 3. The average Bonchev–Trinajstić information content (AvgIpc) is 2.96. The molecule has 0 fully saturated rings. The van der Waals surface area contributed by atoms with Gasteiger partial charge in [-0.15, -0.1) is 0 Å². The third kappa shape index (κ3) is 3.04. The molecular formula is C19H23N3O. The predicted octanol–water partition coefficient (Wildman–Crippen LogP) is 3.13.